The molecule has 0 radical (unpaired) electrons. The molecule has 5 heteroatoms. The number of benzene rings is 2. The van der Waals surface area contributed by atoms with E-state index in [4.69, 9.17) is 19.7 Å². The lowest BCUT2D eigenvalue weighted by atomic mass is 10.0. The number of fused-ring (bicyclic) bond motifs is 2. The smallest absolute Gasteiger partial charge is 0.340 e. The fourth-order valence-electron chi connectivity index (χ4n) is 3.66. The molecular formula is C24H20N2O3. The highest BCUT2D eigenvalue weighted by atomic mass is 16.5. The number of esters is 1. The monoisotopic (exact) mass is 384 g/mol. The topological polar surface area (TPSA) is 72.2 Å². The van der Waals surface area contributed by atoms with Gasteiger partial charge in [-0.2, -0.15) is 5.26 Å². The molecule has 1 atom stereocenters. The first-order valence-electron chi connectivity index (χ1n) is 9.48. The Labute approximate surface area is 169 Å². The Bertz CT molecular complexity index is 1160. The van der Waals surface area contributed by atoms with Crippen LogP contribution in [0.5, 0.6) is 5.75 Å². The van der Waals surface area contributed by atoms with Gasteiger partial charge in [0.05, 0.1) is 23.9 Å². The van der Waals surface area contributed by atoms with Crippen molar-refractivity contribution < 1.29 is 14.3 Å². The van der Waals surface area contributed by atoms with E-state index in [1.165, 1.54) is 0 Å². The van der Waals surface area contributed by atoms with Crippen molar-refractivity contribution in [2.45, 2.75) is 25.9 Å². The molecule has 1 aliphatic rings. The van der Waals surface area contributed by atoms with E-state index in [-0.39, 0.29) is 0 Å². The van der Waals surface area contributed by atoms with Gasteiger partial charge in [-0.15, -0.1) is 0 Å². The minimum Gasteiger partial charge on any atom is -0.497 e. The lowest BCUT2D eigenvalue weighted by molar-refractivity contribution is 0.0436. The molecule has 5 nitrogen and oxygen atoms in total. The van der Waals surface area contributed by atoms with Gasteiger partial charge in [-0.25, -0.2) is 9.78 Å². The fourth-order valence-corrected chi connectivity index (χ4v) is 3.66. The quantitative estimate of drug-likeness (QED) is 0.604. The molecule has 0 aliphatic heterocycles. The first-order valence-corrected chi connectivity index (χ1v) is 9.48. The first-order chi connectivity index (χ1) is 14.1. The first kappa shape index (κ1) is 18.7. The number of carbonyl (C=O) groups is 1. The van der Waals surface area contributed by atoms with Gasteiger partial charge < -0.3 is 9.47 Å². The van der Waals surface area contributed by atoms with Crippen molar-refractivity contribution in [2.24, 2.45) is 0 Å². The van der Waals surface area contributed by atoms with Crippen LogP contribution < -0.4 is 4.74 Å². The number of carbonyl (C=O) groups excluding carboxylic acids is 1. The third kappa shape index (κ3) is 3.57. The number of ether oxygens (including phenoxy) is 2. The maximum atomic E-state index is 12.9. The van der Waals surface area contributed by atoms with E-state index in [2.05, 4.69) is 6.08 Å². The summed E-state index contributed by atoms with van der Waals surface area (Å²) in [6.45, 7) is 1.57. The molecular weight excluding hydrogens is 364 g/mol. The number of hydrogen-bond donors (Lipinski definition) is 0. The summed E-state index contributed by atoms with van der Waals surface area (Å²) < 4.78 is 10.6. The molecule has 1 aliphatic carbocycles. The predicted octanol–water partition coefficient (Wildman–Crippen LogP) is 4.80. The molecule has 0 saturated heterocycles. The van der Waals surface area contributed by atoms with Gasteiger partial charge in [0.15, 0.2) is 6.10 Å². The summed E-state index contributed by atoms with van der Waals surface area (Å²) in [7, 11) is 1.64. The van der Waals surface area contributed by atoms with Crippen LogP contribution in [-0.4, -0.2) is 24.2 Å². The van der Waals surface area contributed by atoms with Gasteiger partial charge in [-0.05, 0) is 60.7 Å². The summed E-state index contributed by atoms with van der Waals surface area (Å²) >= 11 is 0. The average molecular weight is 384 g/mol. The van der Waals surface area contributed by atoms with Crippen LogP contribution in [0.3, 0.4) is 0 Å². The lowest BCUT2D eigenvalue weighted by Crippen LogP contribution is -2.16. The van der Waals surface area contributed by atoms with Crippen LogP contribution in [-0.2, 0) is 11.2 Å². The van der Waals surface area contributed by atoms with Crippen molar-refractivity contribution in [1.82, 2.24) is 4.98 Å². The number of para-hydroxylation sites is 1. The van der Waals surface area contributed by atoms with E-state index >= 15 is 0 Å². The standard InChI is InChI=1S/C24H20N2O3/c1-15(14-25)29-24(27)22-19-5-3-4-6-21(19)26-23-17(9-12-20(22)23)13-16-7-10-18(28-2)11-8-16/h3-8,10-11,13,15H,9,12H2,1-2H3/b17-13+/t15-/m0/s1. The van der Waals surface area contributed by atoms with Crippen LogP contribution in [0.25, 0.3) is 22.6 Å². The minimum absolute atomic E-state index is 0.473. The van der Waals surface area contributed by atoms with Gasteiger partial charge in [0, 0.05) is 5.39 Å². The molecule has 1 heterocycles. The minimum atomic E-state index is -0.805. The second-order valence-electron chi connectivity index (χ2n) is 6.95. The third-order valence-electron chi connectivity index (χ3n) is 5.07. The van der Waals surface area contributed by atoms with Crippen molar-refractivity contribution in [3.05, 3.63) is 70.9 Å². The highest BCUT2D eigenvalue weighted by Crippen LogP contribution is 2.38. The van der Waals surface area contributed by atoms with Gasteiger partial charge in [-0.1, -0.05) is 30.3 Å². The normalized spacial score (nSPS) is 15.0. The zero-order valence-electron chi connectivity index (χ0n) is 16.3. The van der Waals surface area contributed by atoms with Crippen LogP contribution in [0, 0.1) is 11.3 Å². The number of nitrogens with zero attached hydrogens (tertiary/aromatic N) is 2. The van der Waals surface area contributed by atoms with Crippen molar-refractivity contribution in [3.63, 3.8) is 0 Å². The number of methoxy groups -OCH3 is 1. The molecule has 1 aromatic heterocycles. The Morgan fingerprint density at radius 3 is 2.66 bits per heavy atom. The number of rotatable bonds is 4. The molecule has 29 heavy (non-hydrogen) atoms. The zero-order valence-corrected chi connectivity index (χ0v) is 16.3. The SMILES string of the molecule is COc1ccc(/C=C2\CCc3c2nc2ccccc2c3C(=O)O[C@@H](C)C#N)cc1. The van der Waals surface area contributed by atoms with E-state index in [9.17, 15) is 4.79 Å². The highest BCUT2D eigenvalue weighted by Gasteiger charge is 2.28. The van der Waals surface area contributed by atoms with Crippen LogP contribution in [0.2, 0.25) is 0 Å². The van der Waals surface area contributed by atoms with Gasteiger partial charge >= 0.3 is 5.97 Å². The van der Waals surface area contributed by atoms with E-state index in [0.717, 1.165) is 45.5 Å². The summed E-state index contributed by atoms with van der Waals surface area (Å²) in [6, 6.07) is 17.3. The predicted molar refractivity (Wildman–Crippen MR) is 111 cm³/mol. The molecule has 0 spiro atoms. The number of aromatic nitrogens is 1. The second kappa shape index (κ2) is 7.76. The molecule has 0 saturated carbocycles. The molecule has 144 valence electrons. The Kier molecular flexibility index (Phi) is 5.01. The van der Waals surface area contributed by atoms with Gasteiger partial charge in [-0.3, -0.25) is 0 Å². The van der Waals surface area contributed by atoms with Crippen molar-refractivity contribution in [1.29, 1.82) is 5.26 Å². The highest BCUT2D eigenvalue weighted by molar-refractivity contribution is 6.07. The molecule has 3 aromatic rings. The number of hydrogen-bond acceptors (Lipinski definition) is 5. The molecule has 0 N–H and O–H groups in total. The fraction of sp³-hybridized carbons (Fsp3) is 0.208. The van der Waals surface area contributed by atoms with E-state index < -0.39 is 12.1 Å². The number of nitriles is 1. The van der Waals surface area contributed by atoms with E-state index in [1.807, 2.05) is 54.6 Å². The van der Waals surface area contributed by atoms with Crippen LogP contribution >= 0.6 is 0 Å². The molecule has 4 rings (SSSR count). The number of allylic oxidation sites excluding steroid dienone is 1. The Morgan fingerprint density at radius 2 is 1.93 bits per heavy atom. The van der Waals surface area contributed by atoms with Crippen LogP contribution in [0.4, 0.5) is 0 Å². The largest absolute Gasteiger partial charge is 0.497 e. The third-order valence-corrected chi connectivity index (χ3v) is 5.07. The van der Waals surface area contributed by atoms with Crippen LogP contribution in [0.1, 0.15) is 40.5 Å². The summed E-state index contributed by atoms with van der Waals surface area (Å²) in [6.07, 6.45) is 2.79. The summed E-state index contributed by atoms with van der Waals surface area (Å²) in [4.78, 5) is 17.7. The van der Waals surface area contributed by atoms with E-state index in [1.54, 1.807) is 14.0 Å². The molecule has 0 unspecified atom stereocenters. The molecule has 2 aromatic carbocycles. The number of pyridine rings is 1. The zero-order chi connectivity index (χ0) is 20.4. The molecule has 0 amide bonds. The van der Waals surface area contributed by atoms with Gasteiger partial charge in [0.25, 0.3) is 0 Å². The summed E-state index contributed by atoms with van der Waals surface area (Å²) in [5, 5.41) is 9.78. The lowest BCUT2D eigenvalue weighted by Gasteiger charge is -2.13. The van der Waals surface area contributed by atoms with Crippen molar-refractivity contribution >= 4 is 28.5 Å². The van der Waals surface area contributed by atoms with Crippen LogP contribution in [0.15, 0.2) is 48.5 Å². The maximum absolute atomic E-state index is 12.9. The Hall–Kier alpha value is -3.65. The molecule has 0 bridgehead atoms. The van der Waals surface area contributed by atoms with Crippen molar-refractivity contribution in [2.75, 3.05) is 7.11 Å². The summed E-state index contributed by atoms with van der Waals surface area (Å²) in [5.74, 6) is 0.333. The van der Waals surface area contributed by atoms with Gasteiger partial charge in [0.1, 0.15) is 11.8 Å². The van der Waals surface area contributed by atoms with Crippen molar-refractivity contribution in [3.8, 4) is 11.8 Å². The Balaban J connectivity index is 1.83. The van der Waals surface area contributed by atoms with Gasteiger partial charge in [0.2, 0.25) is 0 Å². The summed E-state index contributed by atoms with van der Waals surface area (Å²) in [5.41, 5.74) is 5.11. The maximum Gasteiger partial charge on any atom is 0.340 e. The molecule has 0 fully saturated rings. The van der Waals surface area contributed by atoms with E-state index in [0.29, 0.717) is 12.0 Å². The second-order valence-corrected chi connectivity index (χ2v) is 6.95. The average Bonchev–Trinajstić information content (AvgIpc) is 3.14. The Morgan fingerprint density at radius 1 is 1.17 bits per heavy atom.